The van der Waals surface area contributed by atoms with Gasteiger partial charge in [-0.15, -0.1) is 0 Å². The Balaban J connectivity index is 1.69. The van der Waals surface area contributed by atoms with Gasteiger partial charge in [0.1, 0.15) is 5.76 Å². The molecular weight excluding hydrogens is 364 g/mol. The number of carbonyl (C=O) groups is 2. The zero-order valence-corrected chi connectivity index (χ0v) is 16.9. The maximum atomic E-state index is 13.2. The topological polar surface area (TPSA) is 62.6 Å². The summed E-state index contributed by atoms with van der Waals surface area (Å²) in [6, 6.07) is 19.2. The van der Waals surface area contributed by atoms with Crippen molar-refractivity contribution < 1.29 is 14.0 Å². The lowest BCUT2D eigenvalue weighted by molar-refractivity contribution is 0.0889. The summed E-state index contributed by atoms with van der Waals surface area (Å²) in [7, 11) is 0. The van der Waals surface area contributed by atoms with Crippen molar-refractivity contribution in [2.45, 2.75) is 33.6 Å². The van der Waals surface area contributed by atoms with Crippen LogP contribution in [-0.4, -0.2) is 11.7 Å². The fraction of sp³-hybridized carbons (Fsp3) is 0.250. The summed E-state index contributed by atoms with van der Waals surface area (Å²) in [5, 5.41) is 1.72. The fourth-order valence-electron chi connectivity index (χ4n) is 3.88. The second-order valence-electron chi connectivity index (χ2n) is 8.24. The molecule has 0 unspecified atom stereocenters. The number of Topliss-reactive ketones (excluding diaryl/α,β-unsaturated/α-hetero) is 1. The van der Waals surface area contributed by atoms with Gasteiger partial charge in [0.15, 0.2) is 11.5 Å². The van der Waals surface area contributed by atoms with E-state index in [9.17, 15) is 9.59 Å². The van der Waals surface area contributed by atoms with Crippen molar-refractivity contribution in [2.24, 2.45) is 5.41 Å². The fourth-order valence-corrected chi connectivity index (χ4v) is 3.88. The number of amides is 1. The second-order valence-corrected chi connectivity index (χ2v) is 8.24. The molecule has 1 aliphatic carbocycles. The first-order valence-electron chi connectivity index (χ1n) is 9.72. The Morgan fingerprint density at radius 2 is 1.52 bits per heavy atom. The van der Waals surface area contributed by atoms with E-state index in [1.165, 1.54) is 0 Å². The minimum absolute atomic E-state index is 0.0412. The first-order chi connectivity index (χ1) is 13.9. The number of benzene rings is 2. The molecule has 1 aromatic heterocycles. The Labute approximate surface area is 170 Å². The zero-order valence-electron chi connectivity index (χ0n) is 16.9. The number of hydrazine groups is 1. The molecule has 2 aromatic carbocycles. The molecule has 5 heteroatoms. The average Bonchev–Trinajstić information content (AvgIpc) is 3.02. The number of anilines is 2. The molecule has 3 aromatic rings. The number of furan rings is 1. The van der Waals surface area contributed by atoms with Gasteiger partial charge in [-0.1, -0.05) is 50.2 Å². The quantitative estimate of drug-likeness (QED) is 0.622. The van der Waals surface area contributed by atoms with Crippen LogP contribution in [0.2, 0.25) is 0 Å². The van der Waals surface area contributed by atoms with Crippen molar-refractivity contribution in [1.82, 2.24) is 5.43 Å². The van der Waals surface area contributed by atoms with Crippen molar-refractivity contribution in [3.05, 3.63) is 83.3 Å². The molecule has 1 amide bonds. The number of fused-ring (bicyclic) bond motifs is 1. The number of rotatable bonds is 4. The Kier molecular flexibility index (Phi) is 4.74. The van der Waals surface area contributed by atoms with Crippen molar-refractivity contribution in [3.8, 4) is 0 Å². The number of hydrogen-bond donors (Lipinski definition) is 1. The van der Waals surface area contributed by atoms with E-state index in [2.05, 4.69) is 5.43 Å². The Hall–Kier alpha value is -3.34. The summed E-state index contributed by atoms with van der Waals surface area (Å²) >= 11 is 0. The summed E-state index contributed by atoms with van der Waals surface area (Å²) in [5.74, 6) is 0.465. The molecule has 0 aliphatic heterocycles. The van der Waals surface area contributed by atoms with Gasteiger partial charge in [-0.3, -0.25) is 20.0 Å². The number of nitrogens with zero attached hydrogens (tertiary/aromatic N) is 1. The molecule has 1 aliphatic rings. The molecule has 0 saturated carbocycles. The Bertz CT molecular complexity index is 1010. The van der Waals surface area contributed by atoms with Gasteiger partial charge in [0.2, 0.25) is 0 Å². The van der Waals surface area contributed by atoms with Crippen molar-refractivity contribution in [1.29, 1.82) is 0 Å². The largest absolute Gasteiger partial charge is 0.455 e. The first kappa shape index (κ1) is 19.0. The van der Waals surface area contributed by atoms with E-state index in [1.54, 1.807) is 11.9 Å². The maximum Gasteiger partial charge on any atom is 0.306 e. The summed E-state index contributed by atoms with van der Waals surface area (Å²) in [5.41, 5.74) is 5.59. The number of carbonyl (C=O) groups excluding carboxylic acids is 2. The third-order valence-corrected chi connectivity index (χ3v) is 5.23. The highest BCUT2D eigenvalue weighted by Gasteiger charge is 2.37. The summed E-state index contributed by atoms with van der Waals surface area (Å²) in [4.78, 5) is 25.8. The highest BCUT2D eigenvalue weighted by atomic mass is 16.4. The average molecular weight is 388 g/mol. The van der Waals surface area contributed by atoms with Gasteiger partial charge in [-0.25, -0.2) is 0 Å². The van der Waals surface area contributed by atoms with Crippen LogP contribution >= 0.6 is 0 Å². The molecule has 1 heterocycles. The molecule has 148 valence electrons. The van der Waals surface area contributed by atoms with Gasteiger partial charge in [0, 0.05) is 18.4 Å². The number of hydrogen-bond acceptors (Lipinski definition) is 4. The van der Waals surface area contributed by atoms with Crippen LogP contribution in [-0.2, 0) is 6.42 Å². The van der Waals surface area contributed by atoms with Crippen LogP contribution in [0.1, 0.15) is 52.5 Å². The predicted octanol–water partition coefficient (Wildman–Crippen LogP) is 5.23. The summed E-state index contributed by atoms with van der Waals surface area (Å²) in [6.07, 6.45) is 1.10. The molecule has 0 radical (unpaired) electrons. The van der Waals surface area contributed by atoms with Gasteiger partial charge in [-0.2, -0.15) is 0 Å². The molecule has 0 bridgehead atoms. The molecule has 0 saturated heterocycles. The van der Waals surface area contributed by atoms with E-state index in [1.807, 2.05) is 74.5 Å². The molecule has 0 spiro atoms. The highest BCUT2D eigenvalue weighted by Crippen LogP contribution is 2.38. The summed E-state index contributed by atoms with van der Waals surface area (Å²) < 4.78 is 5.92. The van der Waals surface area contributed by atoms with Crippen LogP contribution in [0, 0.1) is 12.3 Å². The normalized spacial score (nSPS) is 14.9. The van der Waals surface area contributed by atoms with Crippen molar-refractivity contribution in [2.75, 3.05) is 5.01 Å². The van der Waals surface area contributed by atoms with Crippen LogP contribution in [0.5, 0.6) is 0 Å². The zero-order chi connectivity index (χ0) is 20.6. The van der Waals surface area contributed by atoms with Crippen LogP contribution in [0.15, 0.2) is 65.1 Å². The minimum Gasteiger partial charge on any atom is -0.455 e. The van der Waals surface area contributed by atoms with E-state index < -0.39 is 0 Å². The summed E-state index contributed by atoms with van der Waals surface area (Å²) in [6.45, 7) is 5.86. The maximum absolute atomic E-state index is 13.2. The van der Waals surface area contributed by atoms with Crippen molar-refractivity contribution >= 4 is 23.1 Å². The van der Waals surface area contributed by atoms with E-state index >= 15 is 0 Å². The Morgan fingerprint density at radius 1 is 0.966 bits per heavy atom. The lowest BCUT2D eigenvalue weighted by Crippen LogP contribution is -2.39. The first-order valence-corrected chi connectivity index (χ1v) is 9.72. The molecule has 0 atom stereocenters. The SMILES string of the molecule is Cc1c(C(=O)NN(c2ccccc2)c2ccccc2)oc2c1C(=O)CC(C)(C)C2. The van der Waals surface area contributed by atoms with Crippen LogP contribution < -0.4 is 10.4 Å². The van der Waals surface area contributed by atoms with Crippen LogP contribution in [0.4, 0.5) is 11.4 Å². The number of ketones is 1. The number of para-hydroxylation sites is 2. The van der Waals surface area contributed by atoms with Crippen LogP contribution in [0.25, 0.3) is 0 Å². The lowest BCUT2D eigenvalue weighted by Gasteiger charge is -2.27. The molecule has 1 N–H and O–H groups in total. The van der Waals surface area contributed by atoms with E-state index in [0.29, 0.717) is 29.7 Å². The molecule has 0 fully saturated rings. The third kappa shape index (κ3) is 3.68. The van der Waals surface area contributed by atoms with E-state index in [4.69, 9.17) is 4.42 Å². The van der Waals surface area contributed by atoms with Crippen molar-refractivity contribution in [3.63, 3.8) is 0 Å². The van der Waals surface area contributed by atoms with E-state index in [-0.39, 0.29) is 22.9 Å². The lowest BCUT2D eigenvalue weighted by atomic mass is 9.76. The molecule has 4 rings (SSSR count). The minimum atomic E-state index is -0.379. The smallest absolute Gasteiger partial charge is 0.306 e. The second kappa shape index (κ2) is 7.24. The molecular formula is C24H24N2O3. The van der Waals surface area contributed by atoms with Gasteiger partial charge < -0.3 is 4.42 Å². The molecule has 29 heavy (non-hydrogen) atoms. The number of nitrogens with one attached hydrogen (secondary N) is 1. The predicted molar refractivity (Wildman–Crippen MR) is 112 cm³/mol. The van der Waals surface area contributed by atoms with Gasteiger partial charge in [0.25, 0.3) is 0 Å². The standard InChI is InChI=1S/C24H24N2O3/c1-16-21-19(27)14-24(2,3)15-20(21)29-22(16)23(28)25-26(17-10-6-4-7-11-17)18-12-8-5-9-13-18/h4-13H,14-15H2,1-3H3,(H,25,28). The molecule has 5 nitrogen and oxygen atoms in total. The highest BCUT2D eigenvalue weighted by molar-refractivity contribution is 6.04. The van der Waals surface area contributed by atoms with Crippen LogP contribution in [0.3, 0.4) is 0 Å². The monoisotopic (exact) mass is 388 g/mol. The third-order valence-electron chi connectivity index (χ3n) is 5.23. The van der Waals surface area contributed by atoms with Gasteiger partial charge >= 0.3 is 5.91 Å². The van der Waals surface area contributed by atoms with Gasteiger partial charge in [-0.05, 0) is 36.6 Å². The Morgan fingerprint density at radius 3 is 2.07 bits per heavy atom. The van der Waals surface area contributed by atoms with Gasteiger partial charge in [0.05, 0.1) is 16.9 Å². The van der Waals surface area contributed by atoms with E-state index in [0.717, 1.165) is 11.4 Å².